The largest absolute Gasteiger partial charge is 0.310 e. The molecular formula is C52H41N. The number of anilines is 3. The molecule has 254 valence electrons. The lowest BCUT2D eigenvalue weighted by Gasteiger charge is -2.31. The van der Waals surface area contributed by atoms with Crippen LogP contribution in [0.5, 0.6) is 0 Å². The average molecular weight is 680 g/mol. The molecule has 1 unspecified atom stereocenters. The molecule has 1 atom stereocenters. The van der Waals surface area contributed by atoms with E-state index < -0.39 is 0 Å². The van der Waals surface area contributed by atoms with Crippen LogP contribution >= 0.6 is 0 Å². The van der Waals surface area contributed by atoms with Crippen molar-refractivity contribution < 1.29 is 0 Å². The highest BCUT2D eigenvalue weighted by atomic mass is 15.1. The van der Waals surface area contributed by atoms with E-state index in [4.69, 9.17) is 0 Å². The van der Waals surface area contributed by atoms with Gasteiger partial charge >= 0.3 is 0 Å². The van der Waals surface area contributed by atoms with Gasteiger partial charge in [0.2, 0.25) is 0 Å². The lowest BCUT2D eigenvalue weighted by Crippen LogP contribution is -2.14. The molecule has 0 N–H and O–H groups in total. The number of rotatable bonds is 7. The van der Waals surface area contributed by atoms with Crippen molar-refractivity contribution in [3.63, 3.8) is 0 Å². The third-order valence-corrected chi connectivity index (χ3v) is 11.6. The zero-order valence-electron chi connectivity index (χ0n) is 30.5. The van der Waals surface area contributed by atoms with Gasteiger partial charge in [-0.15, -0.1) is 0 Å². The number of para-hydroxylation sites is 1. The molecule has 0 radical (unpaired) electrons. The third-order valence-electron chi connectivity index (χ3n) is 11.6. The maximum absolute atomic E-state index is 2.55. The van der Waals surface area contributed by atoms with Crippen LogP contribution < -0.4 is 4.90 Å². The van der Waals surface area contributed by atoms with E-state index in [0.717, 1.165) is 12.8 Å². The van der Waals surface area contributed by atoms with E-state index in [1.807, 2.05) is 0 Å². The standard InChI is InChI=1S/C52H41N/c1-33-13-11-16-36(27-33)42-19-9-7-14-37(42)30-35(3)47-32-50(46-26-24-40-29-34(2)28-39-23-25-45(47)52(46)51(39)40)53(41-17-5-4-6-18-41)49-22-12-21-44-43-20-10-8-15-38(43)31-48(44)49/h4-29,32,35H,30-31H2,1-3H3. The van der Waals surface area contributed by atoms with E-state index in [1.165, 1.54) is 105 Å². The van der Waals surface area contributed by atoms with E-state index in [9.17, 15) is 0 Å². The summed E-state index contributed by atoms with van der Waals surface area (Å²) in [7, 11) is 0. The lowest BCUT2D eigenvalue weighted by molar-refractivity contribution is 0.767. The Morgan fingerprint density at radius 2 is 1.23 bits per heavy atom. The highest BCUT2D eigenvalue weighted by molar-refractivity contribution is 6.26. The quantitative estimate of drug-likeness (QED) is 0.152. The monoisotopic (exact) mass is 679 g/mol. The summed E-state index contributed by atoms with van der Waals surface area (Å²) in [6, 6.07) is 61.4. The van der Waals surface area contributed by atoms with Gasteiger partial charge in [-0.05, 0) is 127 Å². The SMILES string of the molecule is Cc1cccc(-c2ccccc2CC(C)c2cc(N(c3ccccc3)c3cccc4c3Cc3ccccc3-4)c3ccc4cc(C)cc5ccc2c3c54)c1. The second kappa shape index (κ2) is 12.5. The van der Waals surface area contributed by atoms with Gasteiger partial charge < -0.3 is 4.90 Å². The van der Waals surface area contributed by atoms with Crippen molar-refractivity contribution in [2.75, 3.05) is 4.90 Å². The summed E-state index contributed by atoms with van der Waals surface area (Å²) in [4.78, 5) is 2.55. The molecule has 9 aromatic rings. The minimum atomic E-state index is 0.259. The maximum atomic E-state index is 2.55. The zero-order valence-corrected chi connectivity index (χ0v) is 30.5. The first kappa shape index (κ1) is 31.5. The first-order valence-corrected chi connectivity index (χ1v) is 18.9. The van der Waals surface area contributed by atoms with Crippen LogP contribution in [0.3, 0.4) is 0 Å². The van der Waals surface area contributed by atoms with Crippen molar-refractivity contribution in [1.82, 2.24) is 0 Å². The Labute approximate surface area is 312 Å². The summed E-state index contributed by atoms with van der Waals surface area (Å²) >= 11 is 0. The van der Waals surface area contributed by atoms with E-state index in [1.54, 1.807) is 0 Å². The summed E-state index contributed by atoms with van der Waals surface area (Å²) in [5.74, 6) is 0.259. The highest BCUT2D eigenvalue weighted by Gasteiger charge is 2.28. The summed E-state index contributed by atoms with van der Waals surface area (Å²) in [6.45, 7) is 6.82. The van der Waals surface area contributed by atoms with Crippen molar-refractivity contribution >= 4 is 49.4 Å². The molecule has 0 saturated heterocycles. The smallest absolute Gasteiger partial charge is 0.0543 e. The van der Waals surface area contributed by atoms with Crippen molar-refractivity contribution in [2.45, 2.75) is 39.5 Å². The molecule has 0 aliphatic heterocycles. The number of hydrogen-bond donors (Lipinski definition) is 0. The molecule has 0 saturated carbocycles. The molecule has 0 aromatic heterocycles. The summed E-state index contributed by atoms with van der Waals surface area (Å²) in [5.41, 5.74) is 17.1. The molecule has 0 spiro atoms. The van der Waals surface area contributed by atoms with Gasteiger partial charge in [0.1, 0.15) is 0 Å². The van der Waals surface area contributed by atoms with Gasteiger partial charge in [0, 0.05) is 17.5 Å². The van der Waals surface area contributed by atoms with Crippen LogP contribution in [-0.2, 0) is 12.8 Å². The first-order chi connectivity index (χ1) is 26.0. The van der Waals surface area contributed by atoms with E-state index in [0.29, 0.717) is 0 Å². The van der Waals surface area contributed by atoms with Gasteiger partial charge in [0.05, 0.1) is 11.4 Å². The number of nitrogens with zero attached hydrogens (tertiary/aromatic N) is 1. The Bertz CT molecular complexity index is 2810. The van der Waals surface area contributed by atoms with Crippen LogP contribution in [0, 0.1) is 13.8 Å². The fourth-order valence-electron chi connectivity index (χ4n) is 9.24. The molecule has 0 bridgehead atoms. The summed E-state index contributed by atoms with van der Waals surface area (Å²) < 4.78 is 0. The number of benzene rings is 9. The van der Waals surface area contributed by atoms with Gasteiger partial charge in [0.25, 0.3) is 0 Å². The van der Waals surface area contributed by atoms with Gasteiger partial charge in [-0.1, -0.05) is 152 Å². The molecule has 1 heteroatoms. The Morgan fingerprint density at radius 1 is 0.528 bits per heavy atom. The normalized spacial score (nSPS) is 12.7. The zero-order chi connectivity index (χ0) is 35.6. The molecule has 1 aliphatic rings. The lowest BCUT2D eigenvalue weighted by atomic mass is 9.83. The molecule has 1 nitrogen and oxygen atoms in total. The molecule has 53 heavy (non-hydrogen) atoms. The Hall–Kier alpha value is -6.18. The number of hydrogen-bond acceptors (Lipinski definition) is 1. The minimum absolute atomic E-state index is 0.259. The van der Waals surface area contributed by atoms with Crippen LogP contribution in [0.15, 0.2) is 164 Å². The van der Waals surface area contributed by atoms with Crippen molar-refractivity contribution in [2.24, 2.45) is 0 Å². The number of fused-ring (bicyclic) bond motifs is 3. The molecule has 10 rings (SSSR count). The van der Waals surface area contributed by atoms with Crippen LogP contribution in [0.4, 0.5) is 17.1 Å². The van der Waals surface area contributed by atoms with Crippen LogP contribution in [0.25, 0.3) is 54.6 Å². The predicted molar refractivity (Wildman–Crippen MR) is 227 cm³/mol. The Morgan fingerprint density at radius 3 is 2.04 bits per heavy atom. The van der Waals surface area contributed by atoms with Gasteiger partial charge in [-0.2, -0.15) is 0 Å². The Kier molecular flexibility index (Phi) is 7.44. The summed E-state index contributed by atoms with van der Waals surface area (Å²) in [5, 5.41) is 7.98. The van der Waals surface area contributed by atoms with Crippen LogP contribution in [0.2, 0.25) is 0 Å². The second-order valence-electron chi connectivity index (χ2n) is 15.1. The minimum Gasteiger partial charge on any atom is -0.310 e. The van der Waals surface area contributed by atoms with Gasteiger partial charge in [-0.25, -0.2) is 0 Å². The van der Waals surface area contributed by atoms with Crippen LogP contribution in [0.1, 0.15) is 46.2 Å². The van der Waals surface area contributed by atoms with Crippen molar-refractivity contribution in [3.8, 4) is 22.3 Å². The maximum Gasteiger partial charge on any atom is 0.0543 e. The van der Waals surface area contributed by atoms with Gasteiger partial charge in [-0.3, -0.25) is 0 Å². The molecule has 0 heterocycles. The molecule has 0 amide bonds. The molecule has 0 fully saturated rings. The average Bonchev–Trinajstić information content (AvgIpc) is 3.57. The Balaban J connectivity index is 1.23. The van der Waals surface area contributed by atoms with Gasteiger partial charge in [0.15, 0.2) is 0 Å². The molecule has 1 aliphatic carbocycles. The second-order valence-corrected chi connectivity index (χ2v) is 15.1. The molecule has 9 aromatic carbocycles. The van der Waals surface area contributed by atoms with Crippen molar-refractivity contribution in [3.05, 3.63) is 197 Å². The number of aryl methyl sites for hydroxylation is 2. The summed E-state index contributed by atoms with van der Waals surface area (Å²) in [6.07, 6.45) is 1.86. The van der Waals surface area contributed by atoms with Crippen molar-refractivity contribution in [1.29, 1.82) is 0 Å². The van der Waals surface area contributed by atoms with E-state index >= 15 is 0 Å². The molecular weight excluding hydrogens is 639 g/mol. The van der Waals surface area contributed by atoms with E-state index in [2.05, 4.69) is 189 Å². The predicted octanol–water partition coefficient (Wildman–Crippen LogP) is 14.3. The fourth-order valence-corrected chi connectivity index (χ4v) is 9.24. The third kappa shape index (κ3) is 5.22. The first-order valence-electron chi connectivity index (χ1n) is 18.9. The fraction of sp³-hybridized carbons (Fsp3) is 0.115. The van der Waals surface area contributed by atoms with E-state index in [-0.39, 0.29) is 5.92 Å². The van der Waals surface area contributed by atoms with Crippen LogP contribution in [-0.4, -0.2) is 0 Å². The topological polar surface area (TPSA) is 3.24 Å². The highest BCUT2D eigenvalue weighted by Crippen LogP contribution is 2.50.